The van der Waals surface area contributed by atoms with Gasteiger partial charge >= 0.3 is 0 Å². The summed E-state index contributed by atoms with van der Waals surface area (Å²) in [5.74, 6) is 0.700. The number of fused-ring (bicyclic) bond motifs is 1. The largest absolute Gasteiger partial charge is 0.313 e. The molecule has 2 N–H and O–H groups in total. The Balaban J connectivity index is 1.84. The fourth-order valence-corrected chi connectivity index (χ4v) is 2.89. The first-order valence-electron chi connectivity index (χ1n) is 7.71. The molecule has 19 heavy (non-hydrogen) atoms. The molecule has 0 spiro atoms. The van der Waals surface area contributed by atoms with Crippen molar-refractivity contribution >= 4 is 0 Å². The molecule has 0 bridgehead atoms. The molecule has 2 nitrogen and oxygen atoms in total. The summed E-state index contributed by atoms with van der Waals surface area (Å²) in [5, 5.41) is 7.18. The molecule has 1 aliphatic rings. The average molecular weight is 260 g/mol. The van der Waals surface area contributed by atoms with Gasteiger partial charge in [-0.15, -0.1) is 0 Å². The van der Waals surface area contributed by atoms with Crippen LogP contribution in [0.1, 0.15) is 50.7 Å². The van der Waals surface area contributed by atoms with Gasteiger partial charge in [0.25, 0.3) is 0 Å². The number of hydrogen-bond donors (Lipinski definition) is 2. The van der Waals surface area contributed by atoms with E-state index < -0.39 is 0 Å². The normalized spacial score (nSPS) is 20.3. The highest BCUT2D eigenvalue weighted by Crippen LogP contribution is 2.30. The van der Waals surface area contributed by atoms with Crippen molar-refractivity contribution in [1.82, 2.24) is 10.6 Å². The van der Waals surface area contributed by atoms with E-state index in [1.807, 2.05) is 0 Å². The highest BCUT2D eigenvalue weighted by molar-refractivity contribution is 5.32. The van der Waals surface area contributed by atoms with Gasteiger partial charge in [-0.25, -0.2) is 0 Å². The molecular weight excluding hydrogens is 232 g/mol. The summed E-state index contributed by atoms with van der Waals surface area (Å²) in [6.07, 6.45) is 3.92. The van der Waals surface area contributed by atoms with E-state index in [0.29, 0.717) is 18.0 Å². The first-order valence-corrected chi connectivity index (χ1v) is 7.71. The van der Waals surface area contributed by atoms with Crippen molar-refractivity contribution in [2.45, 2.75) is 58.0 Å². The lowest BCUT2D eigenvalue weighted by molar-refractivity contribution is 0.436. The molecule has 106 valence electrons. The molecule has 0 radical (unpaired) electrons. The zero-order valence-electron chi connectivity index (χ0n) is 12.6. The zero-order valence-corrected chi connectivity index (χ0v) is 12.6. The van der Waals surface area contributed by atoms with Gasteiger partial charge in [0.05, 0.1) is 0 Å². The molecule has 1 aliphatic carbocycles. The molecule has 1 aromatic carbocycles. The summed E-state index contributed by atoms with van der Waals surface area (Å²) in [7, 11) is 0. The Bertz CT molecular complexity index is 387. The summed E-state index contributed by atoms with van der Waals surface area (Å²) in [6.45, 7) is 8.82. The summed E-state index contributed by atoms with van der Waals surface area (Å²) < 4.78 is 0. The van der Waals surface area contributed by atoms with E-state index >= 15 is 0 Å². The van der Waals surface area contributed by atoms with Crippen molar-refractivity contribution in [2.75, 3.05) is 13.1 Å². The number of benzene rings is 1. The second-order valence-electron chi connectivity index (χ2n) is 6.16. The van der Waals surface area contributed by atoms with Crippen LogP contribution in [0.5, 0.6) is 0 Å². The van der Waals surface area contributed by atoms with Crippen LogP contribution in [-0.2, 0) is 6.42 Å². The van der Waals surface area contributed by atoms with Crippen molar-refractivity contribution in [2.24, 2.45) is 0 Å². The maximum atomic E-state index is 3.69. The van der Waals surface area contributed by atoms with Crippen molar-refractivity contribution in [3.05, 3.63) is 35.4 Å². The molecule has 2 unspecified atom stereocenters. The molecule has 2 heteroatoms. The standard InChI is InChI=1S/C17H28N2/c1-13(2)18-11-14(3)19-12-16-9-6-8-15-7-4-5-10-17(15)16/h4-5,7,10,13-14,16,18-19H,6,8-9,11-12H2,1-3H3. The minimum atomic E-state index is 0.538. The first-order chi connectivity index (χ1) is 9.16. The molecule has 2 rings (SSSR count). The summed E-state index contributed by atoms with van der Waals surface area (Å²) in [4.78, 5) is 0. The van der Waals surface area contributed by atoms with Crippen LogP contribution in [0.25, 0.3) is 0 Å². The Hall–Kier alpha value is -0.860. The maximum Gasteiger partial charge on any atom is 0.0164 e. The van der Waals surface area contributed by atoms with E-state index in [1.165, 1.54) is 19.3 Å². The molecular formula is C17H28N2. The second kappa shape index (κ2) is 7.06. The lowest BCUT2D eigenvalue weighted by atomic mass is 9.83. The van der Waals surface area contributed by atoms with Crippen LogP contribution in [0.2, 0.25) is 0 Å². The van der Waals surface area contributed by atoms with Crippen molar-refractivity contribution < 1.29 is 0 Å². The highest BCUT2D eigenvalue weighted by Gasteiger charge is 2.19. The Morgan fingerprint density at radius 2 is 1.95 bits per heavy atom. The van der Waals surface area contributed by atoms with Gasteiger partial charge in [-0.1, -0.05) is 38.1 Å². The molecule has 1 aromatic rings. The van der Waals surface area contributed by atoms with Crippen LogP contribution in [0, 0.1) is 0 Å². The predicted octanol–water partition coefficient (Wildman–Crippen LogP) is 3.08. The number of nitrogens with one attached hydrogen (secondary N) is 2. The van der Waals surface area contributed by atoms with Gasteiger partial charge in [0.1, 0.15) is 0 Å². The molecule has 0 saturated carbocycles. The fourth-order valence-electron chi connectivity index (χ4n) is 2.89. The maximum absolute atomic E-state index is 3.69. The van der Waals surface area contributed by atoms with Gasteiger partial charge in [-0.05, 0) is 43.2 Å². The van der Waals surface area contributed by atoms with Gasteiger partial charge in [0.2, 0.25) is 0 Å². The molecule has 0 aliphatic heterocycles. The Morgan fingerprint density at radius 1 is 1.16 bits per heavy atom. The van der Waals surface area contributed by atoms with Gasteiger partial charge in [-0.3, -0.25) is 0 Å². The molecule has 0 amide bonds. The summed E-state index contributed by atoms with van der Waals surface area (Å²) >= 11 is 0. The minimum Gasteiger partial charge on any atom is -0.313 e. The molecule has 2 atom stereocenters. The van der Waals surface area contributed by atoms with Gasteiger partial charge < -0.3 is 10.6 Å². The van der Waals surface area contributed by atoms with E-state index in [9.17, 15) is 0 Å². The first kappa shape index (κ1) is 14.5. The number of rotatable bonds is 6. The third-order valence-corrected chi connectivity index (χ3v) is 4.04. The van der Waals surface area contributed by atoms with Gasteiger partial charge in [0, 0.05) is 25.2 Å². The molecule has 0 heterocycles. The van der Waals surface area contributed by atoms with E-state index in [0.717, 1.165) is 13.1 Å². The van der Waals surface area contributed by atoms with E-state index in [2.05, 4.69) is 55.7 Å². The van der Waals surface area contributed by atoms with Crippen LogP contribution in [-0.4, -0.2) is 25.2 Å². The smallest absolute Gasteiger partial charge is 0.0164 e. The molecule has 0 aromatic heterocycles. The van der Waals surface area contributed by atoms with E-state index in [4.69, 9.17) is 0 Å². The van der Waals surface area contributed by atoms with Crippen LogP contribution in [0.15, 0.2) is 24.3 Å². The zero-order chi connectivity index (χ0) is 13.7. The van der Waals surface area contributed by atoms with Crippen LogP contribution in [0.3, 0.4) is 0 Å². The minimum absolute atomic E-state index is 0.538. The van der Waals surface area contributed by atoms with Crippen molar-refractivity contribution in [1.29, 1.82) is 0 Å². The average Bonchev–Trinajstić information content (AvgIpc) is 2.42. The fraction of sp³-hybridized carbons (Fsp3) is 0.647. The third-order valence-electron chi connectivity index (χ3n) is 4.04. The SMILES string of the molecule is CC(C)NCC(C)NCC1CCCc2ccccc21. The Kier molecular flexibility index (Phi) is 5.41. The number of aryl methyl sites for hydroxylation is 1. The van der Waals surface area contributed by atoms with Crippen LogP contribution in [0.4, 0.5) is 0 Å². The molecule has 0 saturated heterocycles. The van der Waals surface area contributed by atoms with Gasteiger partial charge in [-0.2, -0.15) is 0 Å². The van der Waals surface area contributed by atoms with E-state index in [-0.39, 0.29) is 0 Å². The van der Waals surface area contributed by atoms with Crippen molar-refractivity contribution in [3.8, 4) is 0 Å². The summed E-state index contributed by atoms with van der Waals surface area (Å²) in [5.41, 5.74) is 3.14. The van der Waals surface area contributed by atoms with Gasteiger partial charge in [0.15, 0.2) is 0 Å². The summed E-state index contributed by atoms with van der Waals surface area (Å²) in [6, 6.07) is 10.1. The number of hydrogen-bond acceptors (Lipinski definition) is 2. The topological polar surface area (TPSA) is 24.1 Å². The van der Waals surface area contributed by atoms with Crippen LogP contribution >= 0.6 is 0 Å². The molecule has 0 fully saturated rings. The lowest BCUT2D eigenvalue weighted by Crippen LogP contribution is -2.40. The van der Waals surface area contributed by atoms with E-state index in [1.54, 1.807) is 11.1 Å². The van der Waals surface area contributed by atoms with Crippen molar-refractivity contribution in [3.63, 3.8) is 0 Å². The second-order valence-corrected chi connectivity index (χ2v) is 6.16. The lowest BCUT2D eigenvalue weighted by Gasteiger charge is -2.27. The quantitative estimate of drug-likeness (QED) is 0.821. The Morgan fingerprint density at radius 3 is 2.74 bits per heavy atom. The predicted molar refractivity (Wildman–Crippen MR) is 82.7 cm³/mol. The van der Waals surface area contributed by atoms with Crippen LogP contribution < -0.4 is 10.6 Å². The monoisotopic (exact) mass is 260 g/mol. The third kappa shape index (κ3) is 4.32. The highest BCUT2D eigenvalue weighted by atomic mass is 15.0. The Labute approximate surface area is 118 Å².